The van der Waals surface area contributed by atoms with Gasteiger partial charge in [0, 0.05) is 14.1 Å². The number of carbonyl (C=O) groups is 1. The minimum atomic E-state index is -2.11. The first-order valence-electron chi connectivity index (χ1n) is 5.47. The number of guanidine groups is 1. The van der Waals surface area contributed by atoms with E-state index in [0.29, 0.717) is 0 Å². The van der Waals surface area contributed by atoms with Crippen LogP contribution in [0.3, 0.4) is 0 Å². The van der Waals surface area contributed by atoms with Crippen LogP contribution in [0.2, 0.25) is 0 Å². The predicted molar refractivity (Wildman–Crippen MR) is 60.7 cm³/mol. The van der Waals surface area contributed by atoms with Crippen molar-refractivity contribution in [2.75, 3.05) is 14.1 Å². The number of nitrogens with one attached hydrogen (secondary N) is 1. The van der Waals surface area contributed by atoms with Gasteiger partial charge in [0.2, 0.25) is 5.96 Å². The molecule has 0 bridgehead atoms. The highest BCUT2D eigenvalue weighted by Crippen LogP contribution is 2.34. The molecule has 0 unspecified atom stereocenters. The second kappa shape index (κ2) is 4.43. The lowest BCUT2D eigenvalue weighted by Gasteiger charge is -2.19. The SMILES string of the molecule is CN(C)C1=N[C@@](C)(c2c(F)c(F)nc(F)c2F)C(=O)N1. The molecular weight excluding hydrogens is 280 g/mol. The van der Waals surface area contributed by atoms with Gasteiger partial charge in [-0.05, 0) is 6.92 Å². The van der Waals surface area contributed by atoms with Crippen molar-refractivity contribution in [1.29, 1.82) is 0 Å². The molecule has 0 spiro atoms. The van der Waals surface area contributed by atoms with Crippen LogP contribution in [0, 0.1) is 23.5 Å². The summed E-state index contributed by atoms with van der Waals surface area (Å²) < 4.78 is 53.8. The largest absolute Gasteiger partial charge is 0.349 e. The maximum atomic E-state index is 13.7. The molecule has 1 amide bonds. The molecule has 1 aliphatic heterocycles. The molecule has 1 aliphatic rings. The summed E-state index contributed by atoms with van der Waals surface area (Å²) in [6.07, 6.45) is 0. The van der Waals surface area contributed by atoms with Crippen molar-refractivity contribution in [3.8, 4) is 0 Å². The smallest absolute Gasteiger partial charge is 0.259 e. The van der Waals surface area contributed by atoms with Crippen molar-refractivity contribution in [2.24, 2.45) is 4.99 Å². The summed E-state index contributed by atoms with van der Waals surface area (Å²) >= 11 is 0. The second-order valence-corrected chi connectivity index (χ2v) is 4.55. The molecule has 1 aromatic heterocycles. The fourth-order valence-corrected chi connectivity index (χ4v) is 1.81. The fourth-order valence-electron chi connectivity index (χ4n) is 1.81. The standard InChI is InChI=1S/C11H10F4N4O/c1-11(9(20)17-10(18-11)19(2)3)4-5(12)7(14)16-8(15)6(4)13/h1-3H3,(H,17,18,20)/t11-/m0/s1. The van der Waals surface area contributed by atoms with Crippen LogP contribution < -0.4 is 5.32 Å². The van der Waals surface area contributed by atoms with E-state index in [0.717, 1.165) is 6.92 Å². The van der Waals surface area contributed by atoms with Crippen molar-refractivity contribution in [1.82, 2.24) is 15.2 Å². The number of amides is 1. The molecule has 20 heavy (non-hydrogen) atoms. The monoisotopic (exact) mass is 290 g/mol. The second-order valence-electron chi connectivity index (χ2n) is 4.55. The predicted octanol–water partition coefficient (Wildman–Crippen LogP) is 0.901. The molecule has 0 aromatic carbocycles. The van der Waals surface area contributed by atoms with Gasteiger partial charge >= 0.3 is 0 Å². The van der Waals surface area contributed by atoms with Crippen LogP contribution >= 0.6 is 0 Å². The highest BCUT2D eigenvalue weighted by Gasteiger charge is 2.47. The number of aromatic nitrogens is 1. The molecule has 5 nitrogen and oxygen atoms in total. The number of nitrogens with zero attached hydrogens (tertiary/aromatic N) is 3. The summed E-state index contributed by atoms with van der Waals surface area (Å²) in [5, 5.41) is 2.27. The maximum Gasteiger partial charge on any atom is 0.259 e. The van der Waals surface area contributed by atoms with E-state index in [1.165, 1.54) is 19.0 Å². The lowest BCUT2D eigenvalue weighted by atomic mass is 9.92. The van der Waals surface area contributed by atoms with Crippen LogP contribution in [0.15, 0.2) is 4.99 Å². The Morgan fingerprint density at radius 3 is 2.00 bits per heavy atom. The number of carbonyl (C=O) groups excluding carboxylic acids is 1. The minimum absolute atomic E-state index is 0.0222. The summed E-state index contributed by atoms with van der Waals surface area (Å²) in [4.78, 5) is 19.5. The van der Waals surface area contributed by atoms with Crippen LogP contribution in [0.1, 0.15) is 12.5 Å². The van der Waals surface area contributed by atoms with E-state index in [4.69, 9.17) is 0 Å². The molecule has 2 rings (SSSR count). The van der Waals surface area contributed by atoms with Gasteiger partial charge in [-0.25, -0.2) is 13.8 Å². The molecule has 1 atom stereocenters. The molecule has 108 valence electrons. The average Bonchev–Trinajstić information content (AvgIpc) is 2.65. The number of halogens is 4. The normalized spacial score (nSPS) is 21.8. The van der Waals surface area contributed by atoms with Crippen LogP contribution in [-0.4, -0.2) is 35.8 Å². The highest BCUT2D eigenvalue weighted by atomic mass is 19.2. The van der Waals surface area contributed by atoms with E-state index in [-0.39, 0.29) is 5.96 Å². The van der Waals surface area contributed by atoms with E-state index in [9.17, 15) is 22.4 Å². The minimum Gasteiger partial charge on any atom is -0.349 e. The van der Waals surface area contributed by atoms with Crippen LogP contribution in [0.25, 0.3) is 0 Å². The number of rotatable bonds is 1. The van der Waals surface area contributed by atoms with Gasteiger partial charge in [0.1, 0.15) is 0 Å². The number of hydrogen-bond donors (Lipinski definition) is 1. The Hall–Kier alpha value is -2.19. The first-order chi connectivity index (χ1) is 9.18. The first-order valence-corrected chi connectivity index (χ1v) is 5.47. The average molecular weight is 290 g/mol. The molecule has 0 saturated carbocycles. The Morgan fingerprint density at radius 1 is 1.10 bits per heavy atom. The lowest BCUT2D eigenvalue weighted by molar-refractivity contribution is -0.123. The van der Waals surface area contributed by atoms with Crippen molar-refractivity contribution in [3.63, 3.8) is 0 Å². The zero-order valence-electron chi connectivity index (χ0n) is 10.8. The van der Waals surface area contributed by atoms with E-state index >= 15 is 0 Å². The Morgan fingerprint density at radius 2 is 1.60 bits per heavy atom. The molecular formula is C11H10F4N4O. The van der Waals surface area contributed by atoms with Crippen LogP contribution in [-0.2, 0) is 10.3 Å². The number of pyridine rings is 1. The summed E-state index contributed by atoms with van der Waals surface area (Å²) in [6.45, 7) is 1.05. The zero-order valence-corrected chi connectivity index (χ0v) is 10.8. The number of aliphatic imine (C=N–C) groups is 1. The molecule has 0 aliphatic carbocycles. The Kier molecular flexibility index (Phi) is 3.15. The summed E-state index contributed by atoms with van der Waals surface area (Å²) in [6, 6.07) is 0. The molecule has 2 heterocycles. The Bertz CT molecular complexity index is 605. The van der Waals surface area contributed by atoms with E-state index in [1.54, 1.807) is 0 Å². The topological polar surface area (TPSA) is 57.6 Å². The molecule has 0 fully saturated rings. The zero-order chi connectivity index (χ0) is 15.2. The van der Waals surface area contributed by atoms with Gasteiger partial charge in [0.25, 0.3) is 17.8 Å². The third-order valence-electron chi connectivity index (χ3n) is 2.90. The van der Waals surface area contributed by atoms with Gasteiger partial charge in [0.05, 0.1) is 5.56 Å². The molecule has 9 heteroatoms. The van der Waals surface area contributed by atoms with Crippen molar-refractivity contribution in [2.45, 2.75) is 12.5 Å². The van der Waals surface area contributed by atoms with E-state index < -0.39 is 40.5 Å². The summed E-state index contributed by atoms with van der Waals surface area (Å²) in [5.41, 5.74) is -3.23. The van der Waals surface area contributed by atoms with E-state index in [2.05, 4.69) is 15.3 Å². The Labute approximate surface area is 111 Å². The maximum absolute atomic E-state index is 13.7. The molecule has 0 radical (unpaired) electrons. The number of hydrogen-bond acceptors (Lipinski definition) is 4. The summed E-state index contributed by atoms with van der Waals surface area (Å²) in [5.74, 6) is -8.03. The van der Waals surface area contributed by atoms with Gasteiger partial charge in [-0.1, -0.05) is 0 Å². The summed E-state index contributed by atoms with van der Waals surface area (Å²) in [7, 11) is 3.07. The Balaban J connectivity index is 2.70. The van der Waals surface area contributed by atoms with Gasteiger partial charge in [-0.2, -0.15) is 13.8 Å². The van der Waals surface area contributed by atoms with Crippen LogP contribution in [0.5, 0.6) is 0 Å². The quantitative estimate of drug-likeness (QED) is 0.617. The van der Waals surface area contributed by atoms with Gasteiger partial charge < -0.3 is 4.90 Å². The van der Waals surface area contributed by atoms with Gasteiger partial charge in [0.15, 0.2) is 17.2 Å². The third kappa shape index (κ3) is 1.89. The molecule has 0 saturated heterocycles. The van der Waals surface area contributed by atoms with Gasteiger partial charge in [-0.15, -0.1) is 0 Å². The highest BCUT2D eigenvalue weighted by molar-refractivity contribution is 6.07. The third-order valence-corrected chi connectivity index (χ3v) is 2.90. The lowest BCUT2D eigenvalue weighted by Crippen LogP contribution is -2.40. The molecule has 1 N–H and O–H groups in total. The van der Waals surface area contributed by atoms with Crippen molar-refractivity contribution < 1.29 is 22.4 Å². The fraction of sp³-hybridized carbons (Fsp3) is 0.364. The first kappa shape index (κ1) is 14.2. The van der Waals surface area contributed by atoms with Crippen molar-refractivity contribution in [3.05, 3.63) is 29.1 Å². The van der Waals surface area contributed by atoms with Crippen LogP contribution in [0.4, 0.5) is 17.6 Å². The van der Waals surface area contributed by atoms with Gasteiger partial charge in [-0.3, -0.25) is 10.1 Å². The van der Waals surface area contributed by atoms with E-state index in [1.807, 2.05) is 0 Å². The van der Waals surface area contributed by atoms with Crippen molar-refractivity contribution >= 4 is 11.9 Å². The molecule has 1 aromatic rings.